The van der Waals surface area contributed by atoms with Crippen LogP contribution in [0, 0.1) is 0 Å². The van der Waals surface area contributed by atoms with Crippen molar-refractivity contribution in [3.63, 3.8) is 0 Å². The molecule has 2 aromatic heterocycles. The summed E-state index contributed by atoms with van der Waals surface area (Å²) in [4.78, 5) is 9.57. The summed E-state index contributed by atoms with van der Waals surface area (Å²) in [6, 6.07) is 8.84. The average Bonchev–Trinajstić information content (AvgIpc) is 3.14. The minimum atomic E-state index is 0.673. The van der Waals surface area contributed by atoms with Gasteiger partial charge in [-0.25, -0.2) is 0 Å². The maximum Gasteiger partial charge on any atom is 0.0489 e. The van der Waals surface area contributed by atoms with Gasteiger partial charge in [0.2, 0.25) is 0 Å². The number of likely N-dealkylation sites (N-methyl/N-ethyl adjacent to an activating group) is 1. The van der Waals surface area contributed by atoms with E-state index in [4.69, 9.17) is 0 Å². The third kappa shape index (κ3) is 5.14. The zero-order chi connectivity index (χ0) is 16.6. The van der Waals surface area contributed by atoms with Crippen molar-refractivity contribution in [3.8, 4) is 0 Å². The zero-order valence-corrected chi connectivity index (χ0v) is 14.7. The van der Waals surface area contributed by atoms with Gasteiger partial charge in [0.15, 0.2) is 0 Å². The predicted molar refractivity (Wildman–Crippen MR) is 96.9 cm³/mol. The van der Waals surface area contributed by atoms with Crippen LogP contribution in [0.2, 0.25) is 0 Å². The Hall–Kier alpha value is -1.72. The molecule has 1 unspecified atom stereocenters. The summed E-state index contributed by atoms with van der Waals surface area (Å²) >= 11 is 0. The lowest BCUT2D eigenvalue weighted by Crippen LogP contribution is -2.47. The molecule has 0 amide bonds. The third-order valence-corrected chi connectivity index (χ3v) is 4.97. The van der Waals surface area contributed by atoms with Gasteiger partial charge in [-0.1, -0.05) is 6.07 Å². The Morgan fingerprint density at radius 1 is 1.21 bits per heavy atom. The molecule has 1 saturated heterocycles. The van der Waals surface area contributed by atoms with E-state index >= 15 is 0 Å². The van der Waals surface area contributed by atoms with Crippen molar-refractivity contribution < 1.29 is 0 Å². The Kier molecular flexibility index (Phi) is 6.38. The summed E-state index contributed by atoms with van der Waals surface area (Å²) in [5, 5.41) is 4.28. The van der Waals surface area contributed by atoms with Gasteiger partial charge in [0.05, 0.1) is 0 Å². The number of aryl methyl sites for hydroxylation is 1. The van der Waals surface area contributed by atoms with Crippen LogP contribution in [0.3, 0.4) is 0 Å². The third-order valence-electron chi connectivity index (χ3n) is 4.97. The van der Waals surface area contributed by atoms with Crippen molar-refractivity contribution >= 4 is 0 Å². The molecule has 5 heteroatoms. The fourth-order valence-electron chi connectivity index (χ4n) is 3.50. The number of piperidine rings is 1. The summed E-state index contributed by atoms with van der Waals surface area (Å²) in [5.41, 5.74) is 1.19. The van der Waals surface area contributed by atoms with Gasteiger partial charge in [-0.15, -0.1) is 0 Å². The molecule has 24 heavy (non-hydrogen) atoms. The molecule has 5 nitrogen and oxygen atoms in total. The maximum absolute atomic E-state index is 4.43. The summed E-state index contributed by atoms with van der Waals surface area (Å²) in [6.45, 7) is 5.71. The van der Waals surface area contributed by atoms with Crippen LogP contribution in [0.15, 0.2) is 42.9 Å². The number of rotatable bonds is 8. The van der Waals surface area contributed by atoms with Gasteiger partial charge in [0, 0.05) is 56.4 Å². The number of hydrogen-bond donors (Lipinski definition) is 0. The molecule has 0 radical (unpaired) electrons. The van der Waals surface area contributed by atoms with Crippen LogP contribution in [0.1, 0.15) is 25.0 Å². The molecule has 130 valence electrons. The highest BCUT2D eigenvalue weighted by molar-refractivity contribution is 5.03. The normalized spacial score (nSPS) is 19.0. The van der Waals surface area contributed by atoms with Crippen molar-refractivity contribution in [1.29, 1.82) is 0 Å². The first-order valence-corrected chi connectivity index (χ1v) is 9.11. The first-order valence-electron chi connectivity index (χ1n) is 9.11. The van der Waals surface area contributed by atoms with Crippen LogP contribution < -0.4 is 0 Å². The van der Waals surface area contributed by atoms with Crippen molar-refractivity contribution in [2.75, 3.05) is 33.2 Å². The predicted octanol–water partition coefficient (Wildman–Crippen LogP) is 2.31. The van der Waals surface area contributed by atoms with E-state index in [-0.39, 0.29) is 0 Å². The Morgan fingerprint density at radius 3 is 2.96 bits per heavy atom. The number of hydrogen-bond acceptors (Lipinski definition) is 4. The molecule has 2 aromatic rings. The molecule has 1 atom stereocenters. The summed E-state index contributed by atoms with van der Waals surface area (Å²) < 4.78 is 2.03. The lowest BCUT2D eigenvalue weighted by molar-refractivity contribution is 0.115. The molecular formula is C19H29N5. The molecule has 1 aliphatic heterocycles. The second kappa shape index (κ2) is 8.94. The Bertz CT molecular complexity index is 569. The summed E-state index contributed by atoms with van der Waals surface area (Å²) in [6.07, 6.45) is 10.6. The standard InChI is InChI=1S/C19H29N5/c1-22(16-9-18-7-2-3-10-20-18)19-8-4-12-23(17-19)13-6-15-24-14-5-11-21-24/h2-3,5,7,10-11,14,19H,4,6,8-9,12-13,15-17H2,1H3. The Balaban J connectivity index is 1.39. The SMILES string of the molecule is CN(CCc1ccccn1)C1CCCN(CCCn2cccn2)C1. The summed E-state index contributed by atoms with van der Waals surface area (Å²) in [5.74, 6) is 0. The highest BCUT2D eigenvalue weighted by Crippen LogP contribution is 2.15. The fraction of sp³-hybridized carbons (Fsp3) is 0.579. The van der Waals surface area contributed by atoms with Crippen molar-refractivity contribution in [3.05, 3.63) is 48.5 Å². The van der Waals surface area contributed by atoms with Gasteiger partial charge in [-0.3, -0.25) is 9.67 Å². The van der Waals surface area contributed by atoms with Gasteiger partial charge in [-0.05, 0) is 57.6 Å². The van der Waals surface area contributed by atoms with E-state index in [9.17, 15) is 0 Å². The van der Waals surface area contributed by atoms with E-state index in [2.05, 4.69) is 39.1 Å². The monoisotopic (exact) mass is 327 g/mol. The van der Waals surface area contributed by atoms with E-state index in [1.54, 1.807) is 0 Å². The molecule has 3 rings (SSSR count). The van der Waals surface area contributed by atoms with Gasteiger partial charge in [0.1, 0.15) is 0 Å². The smallest absolute Gasteiger partial charge is 0.0489 e. The lowest BCUT2D eigenvalue weighted by atomic mass is 10.0. The van der Waals surface area contributed by atoms with E-state index in [1.807, 2.05) is 35.4 Å². The number of likely N-dealkylation sites (tertiary alicyclic amines) is 1. The molecule has 0 saturated carbocycles. The van der Waals surface area contributed by atoms with Crippen LogP contribution >= 0.6 is 0 Å². The quantitative estimate of drug-likeness (QED) is 0.746. The number of aromatic nitrogens is 3. The molecule has 3 heterocycles. The van der Waals surface area contributed by atoms with Crippen molar-refractivity contribution in [2.45, 2.75) is 38.3 Å². The Morgan fingerprint density at radius 2 is 2.17 bits per heavy atom. The number of pyridine rings is 1. The average molecular weight is 327 g/mol. The van der Waals surface area contributed by atoms with Gasteiger partial charge < -0.3 is 9.80 Å². The van der Waals surface area contributed by atoms with Gasteiger partial charge in [0.25, 0.3) is 0 Å². The molecule has 1 fully saturated rings. The minimum absolute atomic E-state index is 0.673. The molecule has 0 N–H and O–H groups in total. The first kappa shape index (κ1) is 17.1. The maximum atomic E-state index is 4.43. The molecule has 1 aliphatic rings. The second-order valence-corrected chi connectivity index (χ2v) is 6.77. The molecule has 0 aromatic carbocycles. The first-order chi connectivity index (χ1) is 11.8. The van der Waals surface area contributed by atoms with Gasteiger partial charge in [-0.2, -0.15) is 5.10 Å². The number of nitrogens with zero attached hydrogens (tertiary/aromatic N) is 5. The molecular weight excluding hydrogens is 298 g/mol. The van der Waals surface area contributed by atoms with Crippen LogP contribution in [0.5, 0.6) is 0 Å². The van der Waals surface area contributed by atoms with Crippen molar-refractivity contribution in [2.24, 2.45) is 0 Å². The molecule has 0 bridgehead atoms. The zero-order valence-electron chi connectivity index (χ0n) is 14.7. The van der Waals surface area contributed by atoms with Crippen LogP contribution in [-0.2, 0) is 13.0 Å². The molecule has 0 aliphatic carbocycles. The van der Waals surface area contributed by atoms with Gasteiger partial charge >= 0.3 is 0 Å². The minimum Gasteiger partial charge on any atom is -0.302 e. The van der Waals surface area contributed by atoms with Crippen molar-refractivity contribution in [1.82, 2.24) is 24.6 Å². The topological polar surface area (TPSA) is 37.2 Å². The summed E-state index contributed by atoms with van der Waals surface area (Å²) in [7, 11) is 2.26. The largest absolute Gasteiger partial charge is 0.302 e. The van der Waals surface area contributed by atoms with Crippen LogP contribution in [0.25, 0.3) is 0 Å². The van der Waals surface area contributed by atoms with E-state index in [1.165, 1.54) is 44.6 Å². The Labute approximate surface area is 145 Å². The lowest BCUT2D eigenvalue weighted by Gasteiger charge is -2.37. The second-order valence-electron chi connectivity index (χ2n) is 6.77. The highest BCUT2D eigenvalue weighted by atomic mass is 15.3. The van der Waals surface area contributed by atoms with E-state index < -0.39 is 0 Å². The molecule has 0 spiro atoms. The van der Waals surface area contributed by atoms with Crippen LogP contribution in [-0.4, -0.2) is 63.8 Å². The van der Waals surface area contributed by atoms with Crippen LogP contribution in [0.4, 0.5) is 0 Å². The fourth-order valence-corrected chi connectivity index (χ4v) is 3.50. The highest BCUT2D eigenvalue weighted by Gasteiger charge is 2.22. The van der Waals surface area contributed by atoms with E-state index in [0.717, 1.165) is 19.5 Å². The van der Waals surface area contributed by atoms with E-state index in [0.29, 0.717) is 6.04 Å².